The van der Waals surface area contributed by atoms with Crippen LogP contribution in [0.5, 0.6) is 0 Å². The van der Waals surface area contributed by atoms with Crippen molar-refractivity contribution in [1.82, 2.24) is 4.90 Å². The maximum atomic E-state index is 12.7. The molecule has 1 aliphatic heterocycles. The highest BCUT2D eigenvalue weighted by Gasteiger charge is 2.32. The number of hydrogen-bond acceptors (Lipinski definition) is 3. The van der Waals surface area contributed by atoms with Crippen LogP contribution >= 0.6 is 23.2 Å². The minimum absolute atomic E-state index is 0.0246. The van der Waals surface area contributed by atoms with Gasteiger partial charge >= 0.3 is 0 Å². The van der Waals surface area contributed by atoms with Gasteiger partial charge in [0.1, 0.15) is 0 Å². The van der Waals surface area contributed by atoms with E-state index in [1.165, 1.54) is 0 Å². The predicted molar refractivity (Wildman–Crippen MR) is 108 cm³/mol. The summed E-state index contributed by atoms with van der Waals surface area (Å²) in [5.74, 6) is 0.0246. The monoisotopic (exact) mass is 425 g/mol. The second kappa shape index (κ2) is 8.63. The van der Waals surface area contributed by atoms with E-state index >= 15 is 0 Å². The van der Waals surface area contributed by atoms with E-state index in [1.807, 2.05) is 6.07 Å². The number of sulfone groups is 1. The second-order valence-electron chi connectivity index (χ2n) is 6.67. The molecule has 1 fully saturated rings. The fourth-order valence-corrected chi connectivity index (χ4v) is 5.60. The number of rotatable bonds is 5. The van der Waals surface area contributed by atoms with E-state index in [4.69, 9.17) is 23.2 Å². The summed E-state index contributed by atoms with van der Waals surface area (Å²) in [6, 6.07) is 13.8. The zero-order valence-electron chi connectivity index (χ0n) is 14.8. The van der Waals surface area contributed by atoms with Crippen LogP contribution in [0, 0.1) is 0 Å². The Morgan fingerprint density at radius 3 is 2.33 bits per heavy atom. The first kappa shape index (κ1) is 20.2. The number of halogens is 2. The molecule has 0 bridgehead atoms. The van der Waals surface area contributed by atoms with E-state index in [0.29, 0.717) is 53.7 Å². The summed E-state index contributed by atoms with van der Waals surface area (Å²) < 4.78 is 25.4. The molecule has 27 heavy (non-hydrogen) atoms. The Morgan fingerprint density at radius 1 is 1.04 bits per heavy atom. The van der Waals surface area contributed by atoms with Gasteiger partial charge in [0.15, 0.2) is 9.84 Å². The van der Waals surface area contributed by atoms with E-state index in [1.54, 1.807) is 47.4 Å². The first-order valence-electron chi connectivity index (χ1n) is 8.88. The molecule has 1 heterocycles. The number of nitrogens with zero attached hydrogens (tertiary/aromatic N) is 1. The summed E-state index contributed by atoms with van der Waals surface area (Å²) in [5.41, 5.74) is 0.885. The number of likely N-dealkylation sites (tertiary alicyclic amines) is 1. The third-order valence-electron chi connectivity index (χ3n) is 4.93. The smallest absolute Gasteiger partial charge is 0.222 e. The van der Waals surface area contributed by atoms with Gasteiger partial charge in [0, 0.05) is 29.6 Å². The Balaban J connectivity index is 1.55. The average Bonchev–Trinajstić information content (AvgIpc) is 2.68. The van der Waals surface area contributed by atoms with E-state index in [-0.39, 0.29) is 5.91 Å². The molecule has 1 saturated heterocycles. The zero-order chi connectivity index (χ0) is 19.4. The molecule has 2 aromatic carbocycles. The van der Waals surface area contributed by atoms with Gasteiger partial charge in [-0.15, -0.1) is 0 Å². The van der Waals surface area contributed by atoms with Crippen molar-refractivity contribution in [3.63, 3.8) is 0 Å². The molecule has 0 N–H and O–H groups in total. The molecule has 0 aliphatic carbocycles. The summed E-state index contributed by atoms with van der Waals surface area (Å²) in [6.07, 6.45) is 1.81. The van der Waals surface area contributed by atoms with Crippen LogP contribution in [0.1, 0.15) is 24.8 Å². The molecule has 0 atom stereocenters. The van der Waals surface area contributed by atoms with Crippen molar-refractivity contribution in [3.05, 3.63) is 64.1 Å². The Hall–Kier alpha value is -1.56. The topological polar surface area (TPSA) is 54.5 Å². The van der Waals surface area contributed by atoms with E-state index in [2.05, 4.69) is 0 Å². The van der Waals surface area contributed by atoms with Gasteiger partial charge in [-0.25, -0.2) is 8.42 Å². The van der Waals surface area contributed by atoms with Crippen molar-refractivity contribution < 1.29 is 13.2 Å². The molecule has 0 radical (unpaired) electrons. The van der Waals surface area contributed by atoms with E-state index in [9.17, 15) is 13.2 Å². The van der Waals surface area contributed by atoms with Gasteiger partial charge in [0.05, 0.1) is 10.1 Å². The fraction of sp³-hybridized carbons (Fsp3) is 0.350. The highest BCUT2D eigenvalue weighted by molar-refractivity contribution is 7.92. The van der Waals surface area contributed by atoms with Crippen LogP contribution in [0.2, 0.25) is 10.0 Å². The molecule has 0 saturated carbocycles. The van der Waals surface area contributed by atoms with Crippen LogP contribution in [-0.2, 0) is 21.1 Å². The van der Waals surface area contributed by atoms with Crippen LogP contribution < -0.4 is 0 Å². The predicted octanol–water partition coefficient (Wildman–Crippen LogP) is 4.39. The summed E-state index contributed by atoms with van der Waals surface area (Å²) in [6.45, 7) is 0.924. The molecule has 0 spiro atoms. The molecule has 0 unspecified atom stereocenters. The van der Waals surface area contributed by atoms with Crippen LogP contribution in [0.15, 0.2) is 53.4 Å². The van der Waals surface area contributed by atoms with Gasteiger partial charge in [-0.1, -0.05) is 47.5 Å². The Kier molecular flexibility index (Phi) is 6.45. The van der Waals surface area contributed by atoms with Crippen molar-refractivity contribution in [2.45, 2.75) is 35.8 Å². The number of piperidine rings is 1. The quantitative estimate of drug-likeness (QED) is 0.713. The molecular weight excluding hydrogens is 405 g/mol. The van der Waals surface area contributed by atoms with Crippen LogP contribution in [0.25, 0.3) is 0 Å². The summed E-state index contributed by atoms with van der Waals surface area (Å²) >= 11 is 12.0. The van der Waals surface area contributed by atoms with Gasteiger partial charge in [0.25, 0.3) is 0 Å². The summed E-state index contributed by atoms with van der Waals surface area (Å²) in [4.78, 5) is 14.6. The Bertz CT molecular complexity index is 908. The number of benzene rings is 2. The van der Waals surface area contributed by atoms with Crippen LogP contribution in [-0.4, -0.2) is 37.6 Å². The standard InChI is InChI=1S/C20H21Cl2NO3S/c21-16-8-6-15(19(22)14-16)7-9-20(24)23-12-10-18(11-13-23)27(25,26)17-4-2-1-3-5-17/h1-6,8,14,18H,7,9-13H2. The van der Waals surface area contributed by atoms with Gasteiger partial charge in [-0.05, 0) is 49.1 Å². The van der Waals surface area contributed by atoms with Crippen LogP contribution in [0.4, 0.5) is 0 Å². The lowest BCUT2D eigenvalue weighted by Gasteiger charge is -2.32. The molecule has 3 rings (SSSR count). The number of carbonyl (C=O) groups excluding carboxylic acids is 1. The molecule has 4 nitrogen and oxygen atoms in total. The lowest BCUT2D eigenvalue weighted by molar-refractivity contribution is -0.132. The fourth-order valence-electron chi connectivity index (χ4n) is 3.34. The highest BCUT2D eigenvalue weighted by Crippen LogP contribution is 2.26. The molecule has 0 aromatic heterocycles. The molecule has 2 aromatic rings. The summed E-state index contributed by atoms with van der Waals surface area (Å²) in [7, 11) is -3.34. The van der Waals surface area contributed by atoms with Gasteiger partial charge < -0.3 is 4.90 Å². The number of hydrogen-bond donors (Lipinski definition) is 0. The minimum atomic E-state index is -3.34. The zero-order valence-corrected chi connectivity index (χ0v) is 17.1. The number of amides is 1. The third-order valence-corrected chi connectivity index (χ3v) is 7.79. The van der Waals surface area contributed by atoms with Gasteiger partial charge in [-0.3, -0.25) is 4.79 Å². The van der Waals surface area contributed by atoms with Gasteiger partial charge in [0.2, 0.25) is 5.91 Å². The normalized spacial score (nSPS) is 15.7. The molecule has 144 valence electrons. The first-order valence-corrected chi connectivity index (χ1v) is 11.2. The maximum Gasteiger partial charge on any atom is 0.222 e. The molecular formula is C20H21Cl2NO3S. The lowest BCUT2D eigenvalue weighted by atomic mass is 10.1. The highest BCUT2D eigenvalue weighted by atomic mass is 35.5. The molecule has 1 amide bonds. The largest absolute Gasteiger partial charge is 0.343 e. The lowest BCUT2D eigenvalue weighted by Crippen LogP contribution is -2.42. The van der Waals surface area contributed by atoms with Gasteiger partial charge in [-0.2, -0.15) is 0 Å². The number of aryl methyl sites for hydroxylation is 1. The van der Waals surface area contributed by atoms with E-state index in [0.717, 1.165) is 5.56 Å². The Morgan fingerprint density at radius 2 is 1.70 bits per heavy atom. The second-order valence-corrected chi connectivity index (χ2v) is 9.75. The molecule has 7 heteroatoms. The van der Waals surface area contributed by atoms with Crippen molar-refractivity contribution in [2.75, 3.05) is 13.1 Å². The van der Waals surface area contributed by atoms with Crippen molar-refractivity contribution in [3.8, 4) is 0 Å². The first-order chi connectivity index (χ1) is 12.9. The maximum absolute atomic E-state index is 12.7. The van der Waals surface area contributed by atoms with E-state index < -0.39 is 15.1 Å². The Labute approximate surface area is 170 Å². The van der Waals surface area contributed by atoms with Crippen molar-refractivity contribution in [2.24, 2.45) is 0 Å². The summed E-state index contributed by atoms with van der Waals surface area (Å²) in [5, 5.41) is 0.689. The average molecular weight is 426 g/mol. The van der Waals surface area contributed by atoms with Crippen LogP contribution in [0.3, 0.4) is 0 Å². The minimum Gasteiger partial charge on any atom is -0.343 e. The van der Waals surface area contributed by atoms with Crippen molar-refractivity contribution >= 4 is 38.9 Å². The number of carbonyl (C=O) groups is 1. The molecule has 1 aliphatic rings. The SMILES string of the molecule is O=C(CCc1ccc(Cl)cc1Cl)N1CCC(S(=O)(=O)c2ccccc2)CC1. The van der Waals surface area contributed by atoms with Crippen molar-refractivity contribution in [1.29, 1.82) is 0 Å². The third kappa shape index (κ3) is 4.84.